The monoisotopic (exact) mass is 270 g/mol. The molecule has 0 aliphatic heterocycles. The molecule has 0 bridgehead atoms. The van der Waals surface area contributed by atoms with Crippen molar-refractivity contribution in [1.29, 1.82) is 0 Å². The van der Waals surface area contributed by atoms with Crippen molar-refractivity contribution in [2.24, 2.45) is 0 Å². The Kier molecular flexibility index (Phi) is 3.47. The summed E-state index contributed by atoms with van der Waals surface area (Å²) in [5.74, 6) is -2.48. The van der Waals surface area contributed by atoms with Gasteiger partial charge in [-0.3, -0.25) is 14.5 Å². The van der Waals surface area contributed by atoms with Gasteiger partial charge in [-0.15, -0.1) is 0 Å². The maximum atomic E-state index is 13.3. The Hall–Kier alpha value is -2.42. The Morgan fingerprint density at radius 1 is 1.53 bits per heavy atom. The lowest BCUT2D eigenvalue weighted by Crippen LogP contribution is -2.30. The predicted molar refractivity (Wildman–Crippen MR) is 61.9 cm³/mol. The third kappa shape index (κ3) is 2.40. The lowest BCUT2D eigenvalue weighted by Gasteiger charge is -2.04. The number of nitrogens with one attached hydrogen (secondary N) is 1. The second-order valence-electron chi connectivity index (χ2n) is 3.69. The van der Waals surface area contributed by atoms with Gasteiger partial charge in [-0.05, 0) is 0 Å². The fourth-order valence-corrected chi connectivity index (χ4v) is 1.52. The molecule has 0 unspecified atom stereocenters. The van der Waals surface area contributed by atoms with Crippen molar-refractivity contribution in [3.05, 3.63) is 39.0 Å². The third-order valence-corrected chi connectivity index (χ3v) is 2.43. The summed E-state index contributed by atoms with van der Waals surface area (Å²) in [6.45, 7) is 0.833. The number of aromatic nitrogens is 4. The van der Waals surface area contributed by atoms with Crippen molar-refractivity contribution in [2.75, 3.05) is 13.7 Å². The molecule has 0 aliphatic carbocycles. The molecule has 0 aromatic carbocycles. The zero-order valence-corrected chi connectivity index (χ0v) is 9.96. The molecule has 0 radical (unpaired) electrons. The van der Waals surface area contributed by atoms with Crippen LogP contribution in [0.5, 0.6) is 5.88 Å². The largest absolute Gasteiger partial charge is 0.492 e. The van der Waals surface area contributed by atoms with Gasteiger partial charge in [0.1, 0.15) is 0 Å². The van der Waals surface area contributed by atoms with Crippen LogP contribution < -0.4 is 11.2 Å². The fourth-order valence-electron chi connectivity index (χ4n) is 1.52. The number of aromatic hydroxyl groups is 1. The highest BCUT2D eigenvalue weighted by molar-refractivity contribution is 5.31. The summed E-state index contributed by atoms with van der Waals surface area (Å²) < 4.78 is 20.2. The van der Waals surface area contributed by atoms with E-state index < -0.39 is 22.9 Å². The minimum atomic E-state index is -1.43. The Balaban J connectivity index is 2.48. The maximum absolute atomic E-state index is 13.3. The maximum Gasteiger partial charge on any atom is 0.336 e. The number of hydrogen-bond donors (Lipinski definition) is 2. The van der Waals surface area contributed by atoms with Crippen LogP contribution in [0.2, 0.25) is 0 Å². The minimum absolute atomic E-state index is 0.133. The van der Waals surface area contributed by atoms with Gasteiger partial charge in [0, 0.05) is 13.3 Å². The summed E-state index contributed by atoms with van der Waals surface area (Å²) in [5.41, 5.74) is -2.09. The van der Waals surface area contributed by atoms with Gasteiger partial charge in [0.2, 0.25) is 11.7 Å². The van der Waals surface area contributed by atoms with Gasteiger partial charge in [-0.2, -0.15) is 9.49 Å². The number of ether oxygens (including phenoxy) is 1. The van der Waals surface area contributed by atoms with E-state index in [-0.39, 0.29) is 5.69 Å². The molecule has 19 heavy (non-hydrogen) atoms. The van der Waals surface area contributed by atoms with Gasteiger partial charge in [0.25, 0.3) is 5.56 Å². The van der Waals surface area contributed by atoms with Crippen LogP contribution in [0.1, 0.15) is 0 Å². The molecule has 8 nitrogen and oxygen atoms in total. The zero-order valence-electron chi connectivity index (χ0n) is 9.96. The van der Waals surface area contributed by atoms with E-state index >= 15 is 0 Å². The number of halogens is 1. The molecule has 9 heteroatoms. The van der Waals surface area contributed by atoms with Crippen LogP contribution in [0, 0.1) is 5.82 Å². The van der Waals surface area contributed by atoms with Crippen LogP contribution in [0.3, 0.4) is 0 Å². The molecule has 2 heterocycles. The molecule has 0 saturated heterocycles. The lowest BCUT2D eigenvalue weighted by atomic mass is 10.5. The molecule has 0 fully saturated rings. The number of nitrogens with zero attached hydrogens (tertiary/aromatic N) is 3. The summed E-state index contributed by atoms with van der Waals surface area (Å²) in [7, 11) is 1.53. The molecular weight excluding hydrogens is 259 g/mol. The highest BCUT2D eigenvalue weighted by Gasteiger charge is 2.16. The molecule has 0 atom stereocenters. The van der Waals surface area contributed by atoms with E-state index in [4.69, 9.17) is 4.74 Å². The molecule has 0 aliphatic rings. The highest BCUT2D eigenvalue weighted by atomic mass is 19.1. The van der Waals surface area contributed by atoms with E-state index in [0.29, 0.717) is 17.7 Å². The molecule has 0 spiro atoms. The second-order valence-corrected chi connectivity index (χ2v) is 3.69. The Morgan fingerprint density at radius 2 is 2.26 bits per heavy atom. The molecule has 0 amide bonds. The van der Waals surface area contributed by atoms with Crippen LogP contribution in [-0.4, -0.2) is 38.2 Å². The van der Waals surface area contributed by atoms with E-state index in [0.717, 1.165) is 0 Å². The quantitative estimate of drug-likeness (QED) is 0.758. The van der Waals surface area contributed by atoms with Gasteiger partial charge >= 0.3 is 5.69 Å². The molecule has 2 aromatic heterocycles. The number of aromatic amines is 1. The van der Waals surface area contributed by atoms with Crippen molar-refractivity contribution in [3.8, 4) is 11.6 Å². The number of hydrogen-bond acceptors (Lipinski definition) is 5. The second kappa shape index (κ2) is 5.06. The average molecular weight is 270 g/mol. The van der Waals surface area contributed by atoms with E-state index in [9.17, 15) is 19.1 Å². The first kappa shape index (κ1) is 13.0. The molecule has 2 aromatic rings. The van der Waals surface area contributed by atoms with Crippen LogP contribution in [0.25, 0.3) is 5.69 Å². The van der Waals surface area contributed by atoms with E-state index in [1.165, 1.54) is 24.2 Å². The van der Waals surface area contributed by atoms with Gasteiger partial charge < -0.3 is 9.84 Å². The minimum Gasteiger partial charge on any atom is -0.492 e. The summed E-state index contributed by atoms with van der Waals surface area (Å²) in [4.78, 5) is 24.3. The first-order chi connectivity index (χ1) is 9.04. The van der Waals surface area contributed by atoms with Crippen LogP contribution in [-0.2, 0) is 11.3 Å². The van der Waals surface area contributed by atoms with Crippen LogP contribution in [0.4, 0.5) is 4.39 Å². The number of H-pyrrole nitrogens is 1. The van der Waals surface area contributed by atoms with Gasteiger partial charge in [0.05, 0.1) is 25.0 Å². The summed E-state index contributed by atoms with van der Waals surface area (Å²) in [6, 6.07) is 0. The molecule has 102 valence electrons. The summed E-state index contributed by atoms with van der Waals surface area (Å²) in [6.07, 6.45) is 2.67. The Bertz CT molecular complexity index is 702. The predicted octanol–water partition coefficient (Wildman–Crippen LogP) is -0.787. The van der Waals surface area contributed by atoms with Crippen LogP contribution in [0.15, 0.2) is 22.0 Å². The van der Waals surface area contributed by atoms with Gasteiger partial charge in [-0.1, -0.05) is 0 Å². The van der Waals surface area contributed by atoms with Crippen molar-refractivity contribution in [3.63, 3.8) is 0 Å². The van der Waals surface area contributed by atoms with Crippen molar-refractivity contribution >= 4 is 0 Å². The zero-order chi connectivity index (χ0) is 14.0. The molecule has 2 N–H and O–H groups in total. The summed E-state index contributed by atoms with van der Waals surface area (Å²) in [5, 5.41) is 13.4. The molecule has 2 rings (SSSR count). The molecular formula is C10H11FN4O4. The van der Waals surface area contributed by atoms with Crippen molar-refractivity contribution in [1.82, 2.24) is 19.3 Å². The number of methoxy groups -OCH3 is 1. The van der Waals surface area contributed by atoms with Crippen molar-refractivity contribution < 1.29 is 14.2 Å². The topological polar surface area (TPSA) is 102 Å². The normalized spacial score (nSPS) is 10.8. The number of rotatable bonds is 4. The smallest absolute Gasteiger partial charge is 0.336 e. The van der Waals surface area contributed by atoms with Crippen LogP contribution >= 0.6 is 0 Å². The van der Waals surface area contributed by atoms with E-state index in [1.54, 1.807) is 4.98 Å². The first-order valence-corrected chi connectivity index (χ1v) is 5.30. The molecule has 0 saturated carbocycles. The SMILES string of the molecule is COCCn1cc(-n2c(O)c(F)c(=O)[nH]c2=O)cn1. The van der Waals surface area contributed by atoms with E-state index in [1.807, 2.05) is 0 Å². The average Bonchev–Trinajstić information content (AvgIpc) is 2.82. The summed E-state index contributed by atoms with van der Waals surface area (Å²) >= 11 is 0. The van der Waals surface area contributed by atoms with Gasteiger partial charge in [0.15, 0.2) is 0 Å². The Labute approximate surface area is 105 Å². The lowest BCUT2D eigenvalue weighted by molar-refractivity contribution is 0.183. The fraction of sp³-hybridized carbons (Fsp3) is 0.300. The van der Waals surface area contributed by atoms with E-state index in [2.05, 4.69) is 5.10 Å². The van der Waals surface area contributed by atoms with Gasteiger partial charge in [-0.25, -0.2) is 9.36 Å². The van der Waals surface area contributed by atoms with Crippen molar-refractivity contribution in [2.45, 2.75) is 6.54 Å². The Morgan fingerprint density at radius 3 is 2.95 bits per heavy atom. The first-order valence-electron chi connectivity index (χ1n) is 5.30. The highest BCUT2D eigenvalue weighted by Crippen LogP contribution is 2.13. The standard InChI is InChI=1S/C10H11FN4O4/c1-19-3-2-14-5-6(4-12-14)15-9(17)7(11)8(16)13-10(15)18/h4-5,17H,2-3H2,1H3,(H,13,16,18). The third-order valence-electron chi connectivity index (χ3n) is 2.43.